The van der Waals surface area contributed by atoms with E-state index in [9.17, 15) is 9.59 Å². The van der Waals surface area contributed by atoms with Crippen LogP contribution in [0.3, 0.4) is 0 Å². The summed E-state index contributed by atoms with van der Waals surface area (Å²) in [5, 5.41) is 5.36. The van der Waals surface area contributed by atoms with Gasteiger partial charge in [-0.15, -0.1) is 0 Å². The fourth-order valence-corrected chi connectivity index (χ4v) is 1.56. The molecule has 0 aliphatic rings. The smallest absolute Gasteiger partial charge is 0.251 e. The summed E-state index contributed by atoms with van der Waals surface area (Å²) in [7, 11) is 0. The molecular weight excluding hydrogens is 242 g/mol. The first-order valence-corrected chi connectivity index (χ1v) is 6.20. The average molecular weight is 263 g/mol. The molecule has 0 atom stereocenters. The number of hydrogen-bond donors (Lipinski definition) is 3. The van der Waals surface area contributed by atoms with Gasteiger partial charge in [-0.25, -0.2) is 0 Å². The first-order chi connectivity index (χ1) is 8.81. The molecule has 4 N–H and O–H groups in total. The van der Waals surface area contributed by atoms with Gasteiger partial charge >= 0.3 is 0 Å². The number of benzene rings is 1. The third kappa shape index (κ3) is 5.52. The molecule has 0 radical (unpaired) electrons. The van der Waals surface area contributed by atoms with Crippen molar-refractivity contribution in [1.29, 1.82) is 0 Å². The quantitative estimate of drug-likeness (QED) is 0.751. The van der Waals surface area contributed by atoms with Crippen molar-refractivity contribution in [2.24, 2.45) is 5.73 Å². The summed E-state index contributed by atoms with van der Waals surface area (Å²) in [6.45, 7) is 6.00. The fourth-order valence-electron chi connectivity index (χ4n) is 1.56. The minimum atomic E-state index is -0.304. The Balaban J connectivity index is 2.53. The van der Waals surface area contributed by atoms with Crippen LogP contribution in [0, 0.1) is 0 Å². The van der Waals surface area contributed by atoms with Gasteiger partial charge in [-0.05, 0) is 38.5 Å². The average Bonchev–Trinajstić information content (AvgIpc) is 2.34. The van der Waals surface area contributed by atoms with E-state index in [1.165, 1.54) is 0 Å². The van der Waals surface area contributed by atoms with E-state index in [-0.39, 0.29) is 23.9 Å². The Morgan fingerprint density at radius 2 is 1.95 bits per heavy atom. The summed E-state index contributed by atoms with van der Waals surface area (Å²) < 4.78 is 0. The number of amides is 2. The normalized spacial score (nSPS) is 10.9. The monoisotopic (exact) mass is 263 g/mol. The summed E-state index contributed by atoms with van der Waals surface area (Å²) in [6, 6.07) is 7.03. The second-order valence-corrected chi connectivity index (χ2v) is 5.39. The first-order valence-electron chi connectivity index (χ1n) is 6.20. The molecule has 1 rings (SSSR count). The highest BCUT2D eigenvalue weighted by Gasteiger charge is 2.14. The highest BCUT2D eigenvalue weighted by Crippen LogP contribution is 2.04. The van der Waals surface area contributed by atoms with Gasteiger partial charge in [-0.2, -0.15) is 0 Å². The van der Waals surface area contributed by atoms with E-state index in [4.69, 9.17) is 5.73 Å². The van der Waals surface area contributed by atoms with E-state index in [1.54, 1.807) is 18.2 Å². The number of nitrogens with one attached hydrogen (secondary N) is 2. The molecule has 0 saturated heterocycles. The molecule has 2 amide bonds. The van der Waals surface area contributed by atoms with Crippen molar-refractivity contribution in [2.75, 3.05) is 6.54 Å². The zero-order chi connectivity index (χ0) is 14.5. The maximum atomic E-state index is 11.9. The lowest BCUT2D eigenvalue weighted by atomic mass is 10.1. The minimum Gasteiger partial charge on any atom is -0.350 e. The lowest BCUT2D eigenvalue weighted by Crippen LogP contribution is -2.45. The number of carbonyl (C=O) groups is 2. The standard InChI is InChI=1S/C14H21N3O2/c1-14(2,3)17-12(18)9-16-13(19)11-6-4-5-10(7-11)8-15/h4-7H,8-9,15H2,1-3H3,(H,16,19)(H,17,18). The zero-order valence-electron chi connectivity index (χ0n) is 11.6. The van der Waals surface area contributed by atoms with Crippen LogP contribution in [0.5, 0.6) is 0 Å². The van der Waals surface area contributed by atoms with Gasteiger partial charge in [0.05, 0.1) is 6.54 Å². The Morgan fingerprint density at radius 3 is 2.53 bits per heavy atom. The molecule has 1 aromatic rings. The Bertz CT molecular complexity index is 464. The molecule has 5 nitrogen and oxygen atoms in total. The van der Waals surface area contributed by atoms with Gasteiger partial charge in [0.2, 0.25) is 5.91 Å². The highest BCUT2D eigenvalue weighted by atomic mass is 16.2. The van der Waals surface area contributed by atoms with E-state index in [1.807, 2.05) is 26.8 Å². The van der Waals surface area contributed by atoms with E-state index >= 15 is 0 Å². The Hall–Kier alpha value is -1.88. The predicted molar refractivity (Wildman–Crippen MR) is 74.6 cm³/mol. The molecule has 0 aromatic heterocycles. The summed E-state index contributed by atoms with van der Waals surface area (Å²) in [4.78, 5) is 23.4. The van der Waals surface area contributed by atoms with Gasteiger partial charge in [0.25, 0.3) is 5.91 Å². The molecule has 0 saturated carbocycles. The first kappa shape index (κ1) is 15.2. The summed E-state index contributed by atoms with van der Waals surface area (Å²) in [5.41, 5.74) is 6.60. The van der Waals surface area contributed by atoms with Crippen LogP contribution in [0.25, 0.3) is 0 Å². The van der Waals surface area contributed by atoms with Crippen molar-refractivity contribution in [1.82, 2.24) is 10.6 Å². The van der Waals surface area contributed by atoms with E-state index in [0.29, 0.717) is 12.1 Å². The van der Waals surface area contributed by atoms with E-state index < -0.39 is 0 Å². The molecule has 0 aliphatic heterocycles. The lowest BCUT2D eigenvalue weighted by molar-refractivity contribution is -0.121. The van der Waals surface area contributed by atoms with Gasteiger partial charge in [-0.3, -0.25) is 9.59 Å². The Kier molecular flexibility index (Phi) is 5.06. The van der Waals surface area contributed by atoms with Gasteiger partial charge in [0.1, 0.15) is 0 Å². The van der Waals surface area contributed by atoms with E-state index in [0.717, 1.165) is 5.56 Å². The molecular formula is C14H21N3O2. The van der Waals surface area contributed by atoms with Crippen LogP contribution in [-0.2, 0) is 11.3 Å². The zero-order valence-corrected chi connectivity index (χ0v) is 11.6. The second-order valence-electron chi connectivity index (χ2n) is 5.39. The van der Waals surface area contributed by atoms with Crippen LogP contribution < -0.4 is 16.4 Å². The summed E-state index contributed by atoms with van der Waals surface area (Å²) >= 11 is 0. The summed E-state index contributed by atoms with van der Waals surface area (Å²) in [6.07, 6.45) is 0. The number of nitrogens with two attached hydrogens (primary N) is 1. The van der Waals surface area contributed by atoms with Gasteiger partial charge in [0, 0.05) is 17.6 Å². The van der Waals surface area contributed by atoms with Gasteiger partial charge < -0.3 is 16.4 Å². The molecule has 0 fully saturated rings. The number of hydrogen-bond acceptors (Lipinski definition) is 3. The number of carbonyl (C=O) groups excluding carboxylic acids is 2. The third-order valence-electron chi connectivity index (χ3n) is 2.35. The van der Waals surface area contributed by atoms with Gasteiger partial charge in [0.15, 0.2) is 0 Å². The van der Waals surface area contributed by atoms with Crippen molar-refractivity contribution in [3.63, 3.8) is 0 Å². The van der Waals surface area contributed by atoms with Crippen molar-refractivity contribution >= 4 is 11.8 Å². The van der Waals surface area contributed by atoms with Crippen molar-refractivity contribution in [2.45, 2.75) is 32.9 Å². The number of rotatable bonds is 4. The fraction of sp³-hybridized carbons (Fsp3) is 0.429. The van der Waals surface area contributed by atoms with Crippen LogP contribution in [0.1, 0.15) is 36.7 Å². The lowest BCUT2D eigenvalue weighted by Gasteiger charge is -2.20. The van der Waals surface area contributed by atoms with E-state index in [2.05, 4.69) is 10.6 Å². The Morgan fingerprint density at radius 1 is 1.26 bits per heavy atom. The van der Waals surface area contributed by atoms with Crippen LogP contribution in [0.4, 0.5) is 0 Å². The van der Waals surface area contributed by atoms with Crippen LogP contribution in [0.15, 0.2) is 24.3 Å². The van der Waals surface area contributed by atoms with Gasteiger partial charge in [-0.1, -0.05) is 12.1 Å². The molecule has 1 aromatic carbocycles. The second kappa shape index (κ2) is 6.33. The van der Waals surface area contributed by atoms with Crippen molar-refractivity contribution in [3.05, 3.63) is 35.4 Å². The predicted octanol–water partition coefficient (Wildman–Crippen LogP) is 0.790. The van der Waals surface area contributed by atoms with Crippen molar-refractivity contribution in [3.8, 4) is 0 Å². The molecule has 0 spiro atoms. The topological polar surface area (TPSA) is 84.2 Å². The van der Waals surface area contributed by atoms with Crippen molar-refractivity contribution < 1.29 is 9.59 Å². The molecule has 19 heavy (non-hydrogen) atoms. The molecule has 0 bridgehead atoms. The molecule has 104 valence electrons. The van der Waals surface area contributed by atoms with Crippen LogP contribution >= 0.6 is 0 Å². The minimum absolute atomic E-state index is 0.0387. The molecule has 5 heteroatoms. The Labute approximate surface area is 113 Å². The maximum Gasteiger partial charge on any atom is 0.251 e. The molecule has 0 heterocycles. The maximum absolute atomic E-state index is 11.9. The SMILES string of the molecule is CC(C)(C)NC(=O)CNC(=O)c1cccc(CN)c1. The molecule has 0 aliphatic carbocycles. The highest BCUT2D eigenvalue weighted by molar-refractivity contribution is 5.96. The summed E-state index contributed by atoms with van der Waals surface area (Å²) in [5.74, 6) is -0.491. The van der Waals surface area contributed by atoms with Crippen LogP contribution in [0.2, 0.25) is 0 Å². The largest absolute Gasteiger partial charge is 0.350 e. The molecule has 0 unspecified atom stereocenters. The third-order valence-corrected chi connectivity index (χ3v) is 2.35. The van der Waals surface area contributed by atoms with Crippen LogP contribution in [-0.4, -0.2) is 23.9 Å².